The van der Waals surface area contributed by atoms with E-state index in [4.69, 9.17) is 0 Å². The lowest BCUT2D eigenvalue weighted by Gasteiger charge is -2.41. The van der Waals surface area contributed by atoms with Gasteiger partial charge in [-0.15, -0.1) is 0 Å². The van der Waals surface area contributed by atoms with E-state index >= 15 is 0 Å². The summed E-state index contributed by atoms with van der Waals surface area (Å²) in [6.07, 6.45) is 6.64. The maximum atomic E-state index is 3.74. The Bertz CT molecular complexity index is 434. The van der Waals surface area contributed by atoms with Crippen molar-refractivity contribution in [2.75, 3.05) is 11.4 Å². The van der Waals surface area contributed by atoms with Gasteiger partial charge in [-0.25, -0.2) is 0 Å². The number of fused-ring (bicyclic) bond motifs is 2. The van der Waals surface area contributed by atoms with E-state index in [1.165, 1.54) is 55.5 Å². The number of aryl methyl sites for hydroxylation is 2. The first-order chi connectivity index (χ1) is 9.67. The number of rotatable bonds is 4. The van der Waals surface area contributed by atoms with Gasteiger partial charge in [0.25, 0.3) is 0 Å². The van der Waals surface area contributed by atoms with Crippen molar-refractivity contribution < 1.29 is 0 Å². The Morgan fingerprint density at radius 2 is 1.65 bits per heavy atom. The number of nitrogens with one attached hydrogen (secondary N) is 1. The summed E-state index contributed by atoms with van der Waals surface area (Å²) in [4.78, 5) is 2.73. The van der Waals surface area contributed by atoms with Crippen LogP contribution in [0.5, 0.6) is 0 Å². The SMILES string of the molecule is CCCNC1CC2CCC(C1)N2c1cc(C)cc(C)c1. The van der Waals surface area contributed by atoms with Crippen molar-refractivity contribution in [2.45, 2.75) is 71.0 Å². The van der Waals surface area contributed by atoms with Crippen LogP contribution in [0.15, 0.2) is 18.2 Å². The molecule has 1 aromatic rings. The van der Waals surface area contributed by atoms with Crippen molar-refractivity contribution in [2.24, 2.45) is 0 Å². The van der Waals surface area contributed by atoms with Crippen molar-refractivity contribution in [1.29, 1.82) is 0 Å². The average molecular weight is 272 g/mol. The lowest BCUT2D eigenvalue weighted by Crippen LogP contribution is -2.49. The van der Waals surface area contributed by atoms with Gasteiger partial charge in [-0.3, -0.25) is 0 Å². The highest BCUT2D eigenvalue weighted by molar-refractivity contribution is 5.54. The van der Waals surface area contributed by atoms with Gasteiger partial charge >= 0.3 is 0 Å². The lowest BCUT2D eigenvalue weighted by atomic mass is 9.95. The fraction of sp³-hybridized carbons (Fsp3) is 0.667. The second-order valence-electron chi connectivity index (χ2n) is 6.76. The first-order valence-corrected chi connectivity index (χ1v) is 8.27. The highest BCUT2D eigenvalue weighted by atomic mass is 15.2. The maximum Gasteiger partial charge on any atom is 0.0376 e. The van der Waals surface area contributed by atoms with Crippen molar-refractivity contribution in [3.63, 3.8) is 0 Å². The Morgan fingerprint density at radius 3 is 2.20 bits per heavy atom. The zero-order valence-corrected chi connectivity index (χ0v) is 13.2. The van der Waals surface area contributed by atoms with Crippen molar-refractivity contribution in [3.8, 4) is 0 Å². The minimum absolute atomic E-state index is 0.745. The Balaban J connectivity index is 1.76. The number of hydrogen-bond donors (Lipinski definition) is 1. The summed E-state index contributed by atoms with van der Waals surface area (Å²) in [5.74, 6) is 0. The molecule has 20 heavy (non-hydrogen) atoms. The molecular weight excluding hydrogens is 244 g/mol. The molecule has 0 aromatic heterocycles. The zero-order chi connectivity index (χ0) is 14.1. The minimum Gasteiger partial charge on any atom is -0.365 e. The second kappa shape index (κ2) is 5.77. The van der Waals surface area contributed by atoms with Crippen LogP contribution < -0.4 is 10.2 Å². The van der Waals surface area contributed by atoms with E-state index in [-0.39, 0.29) is 0 Å². The third kappa shape index (κ3) is 2.71. The zero-order valence-electron chi connectivity index (χ0n) is 13.2. The summed E-state index contributed by atoms with van der Waals surface area (Å²) in [6, 6.07) is 9.28. The van der Waals surface area contributed by atoms with Crippen LogP contribution in [0, 0.1) is 13.8 Å². The van der Waals surface area contributed by atoms with Crippen molar-refractivity contribution >= 4 is 5.69 Å². The number of anilines is 1. The fourth-order valence-electron chi connectivity index (χ4n) is 4.21. The third-order valence-corrected chi connectivity index (χ3v) is 4.92. The first-order valence-electron chi connectivity index (χ1n) is 8.27. The van der Waals surface area contributed by atoms with Crippen LogP contribution in [0.4, 0.5) is 5.69 Å². The molecule has 0 amide bonds. The molecule has 0 aliphatic carbocycles. The molecule has 2 fully saturated rings. The molecule has 1 N–H and O–H groups in total. The van der Waals surface area contributed by atoms with Gasteiger partial charge in [-0.05, 0) is 75.8 Å². The van der Waals surface area contributed by atoms with Gasteiger partial charge in [0.05, 0.1) is 0 Å². The Hall–Kier alpha value is -1.02. The molecule has 0 spiro atoms. The molecular formula is C18H28N2. The Labute approximate surface area is 123 Å². The molecule has 2 atom stereocenters. The number of hydrogen-bond acceptors (Lipinski definition) is 2. The molecule has 2 bridgehead atoms. The molecule has 2 saturated heterocycles. The summed E-state index contributed by atoms with van der Waals surface area (Å²) in [7, 11) is 0. The highest BCUT2D eigenvalue weighted by Gasteiger charge is 2.40. The predicted molar refractivity (Wildman–Crippen MR) is 86.5 cm³/mol. The van der Waals surface area contributed by atoms with Crippen molar-refractivity contribution in [1.82, 2.24) is 5.32 Å². The summed E-state index contributed by atoms with van der Waals surface area (Å²) in [6.45, 7) is 7.86. The standard InChI is InChI=1S/C18H28N2/c1-4-7-19-15-11-16-5-6-17(12-15)20(16)18-9-13(2)8-14(3)10-18/h8-10,15-17,19H,4-7,11-12H2,1-3H3. The van der Waals surface area contributed by atoms with E-state index in [1.807, 2.05) is 0 Å². The summed E-state index contributed by atoms with van der Waals surface area (Å²) >= 11 is 0. The third-order valence-electron chi connectivity index (χ3n) is 4.92. The van der Waals surface area contributed by atoms with Crippen LogP contribution in [-0.2, 0) is 0 Å². The van der Waals surface area contributed by atoms with Crippen LogP contribution in [0.1, 0.15) is 50.2 Å². The van der Waals surface area contributed by atoms with E-state index in [9.17, 15) is 0 Å². The minimum atomic E-state index is 0.745. The van der Waals surface area contributed by atoms with Gasteiger partial charge in [0.15, 0.2) is 0 Å². The number of benzene rings is 1. The fourth-order valence-corrected chi connectivity index (χ4v) is 4.21. The van der Waals surface area contributed by atoms with Crippen molar-refractivity contribution in [3.05, 3.63) is 29.3 Å². The van der Waals surface area contributed by atoms with Crippen LogP contribution >= 0.6 is 0 Å². The topological polar surface area (TPSA) is 15.3 Å². The molecule has 2 aliphatic heterocycles. The van der Waals surface area contributed by atoms with E-state index in [0.29, 0.717) is 0 Å². The van der Waals surface area contributed by atoms with Gasteiger partial charge in [-0.2, -0.15) is 0 Å². The monoisotopic (exact) mass is 272 g/mol. The summed E-state index contributed by atoms with van der Waals surface area (Å²) in [5, 5.41) is 3.74. The number of nitrogens with zero attached hydrogens (tertiary/aromatic N) is 1. The molecule has 2 nitrogen and oxygen atoms in total. The Morgan fingerprint density at radius 1 is 1.05 bits per heavy atom. The van der Waals surface area contributed by atoms with Gasteiger partial charge < -0.3 is 10.2 Å². The molecule has 0 saturated carbocycles. The molecule has 1 aromatic carbocycles. The van der Waals surface area contributed by atoms with E-state index in [2.05, 4.69) is 49.2 Å². The largest absolute Gasteiger partial charge is 0.365 e. The Kier molecular flexibility index (Phi) is 4.02. The molecule has 110 valence electrons. The van der Waals surface area contributed by atoms with Crippen LogP contribution in [0.3, 0.4) is 0 Å². The average Bonchev–Trinajstić information content (AvgIpc) is 2.67. The molecule has 2 aliphatic rings. The normalized spacial score (nSPS) is 28.9. The summed E-state index contributed by atoms with van der Waals surface area (Å²) in [5.41, 5.74) is 4.25. The molecule has 2 heterocycles. The van der Waals surface area contributed by atoms with Gasteiger partial charge in [0.1, 0.15) is 0 Å². The van der Waals surface area contributed by atoms with Gasteiger partial charge in [0, 0.05) is 23.8 Å². The highest BCUT2D eigenvalue weighted by Crippen LogP contribution is 2.39. The maximum absolute atomic E-state index is 3.74. The van der Waals surface area contributed by atoms with Crippen LogP contribution in [0.2, 0.25) is 0 Å². The molecule has 3 rings (SSSR count). The molecule has 0 radical (unpaired) electrons. The second-order valence-corrected chi connectivity index (χ2v) is 6.76. The predicted octanol–water partition coefficient (Wildman–Crippen LogP) is 3.80. The lowest BCUT2D eigenvalue weighted by molar-refractivity contribution is 0.356. The quantitative estimate of drug-likeness (QED) is 0.897. The van der Waals surface area contributed by atoms with E-state index < -0.39 is 0 Å². The van der Waals surface area contributed by atoms with E-state index in [1.54, 1.807) is 0 Å². The van der Waals surface area contributed by atoms with Gasteiger partial charge in [-0.1, -0.05) is 13.0 Å². The summed E-state index contributed by atoms with van der Waals surface area (Å²) < 4.78 is 0. The first kappa shape index (κ1) is 13.9. The van der Waals surface area contributed by atoms with Gasteiger partial charge in [0.2, 0.25) is 0 Å². The smallest absolute Gasteiger partial charge is 0.0376 e. The van der Waals surface area contributed by atoms with E-state index in [0.717, 1.165) is 18.1 Å². The molecule has 2 unspecified atom stereocenters. The molecule has 2 heteroatoms. The van der Waals surface area contributed by atoms with Crippen LogP contribution in [0.25, 0.3) is 0 Å². The van der Waals surface area contributed by atoms with Crippen LogP contribution in [-0.4, -0.2) is 24.7 Å². The number of piperidine rings is 1.